The van der Waals surface area contributed by atoms with Gasteiger partial charge in [-0.2, -0.15) is 36.5 Å². The van der Waals surface area contributed by atoms with E-state index in [1.165, 1.54) is 24.3 Å². The predicted octanol–water partition coefficient (Wildman–Crippen LogP) is 4.39. The third-order valence-corrected chi connectivity index (χ3v) is 3.27. The number of hydrazone groups is 2. The number of rotatable bonds is 4. The van der Waals surface area contributed by atoms with Crippen LogP contribution >= 0.6 is 0 Å². The van der Waals surface area contributed by atoms with Crippen LogP contribution in [0.4, 0.5) is 31.1 Å². The van der Waals surface area contributed by atoms with Gasteiger partial charge >= 0.3 is 18.4 Å². The monoisotopic (exact) mass is 402 g/mol. The van der Waals surface area contributed by atoms with Gasteiger partial charge in [0.25, 0.3) is 0 Å². The maximum atomic E-state index is 12.8. The zero-order chi connectivity index (χ0) is 20.8. The van der Waals surface area contributed by atoms with Gasteiger partial charge in [0.15, 0.2) is 0 Å². The molecule has 28 heavy (non-hydrogen) atoms. The zero-order valence-electron chi connectivity index (χ0n) is 13.8. The Morgan fingerprint density at radius 3 is 1.43 bits per heavy atom. The molecule has 0 aliphatic carbocycles. The molecule has 2 rings (SSSR count). The standard InChI is InChI=1S/C17H12F6N4O/c18-16(19,20)13-7-3-1-5-11(13)9-24-26-15(28)27-25-10-12-6-2-4-8-14(12)17(21,22)23/h1-10H,(H2,26,27,28). The topological polar surface area (TPSA) is 65.8 Å². The van der Waals surface area contributed by atoms with E-state index in [2.05, 4.69) is 10.2 Å². The molecule has 2 aromatic carbocycles. The molecule has 2 aromatic rings. The van der Waals surface area contributed by atoms with Crippen molar-refractivity contribution in [3.05, 3.63) is 70.8 Å². The molecule has 0 saturated carbocycles. The van der Waals surface area contributed by atoms with Crippen molar-refractivity contribution in [2.75, 3.05) is 0 Å². The minimum Gasteiger partial charge on any atom is -0.245 e. The second kappa shape index (κ2) is 8.55. The first-order valence-corrected chi connectivity index (χ1v) is 7.53. The van der Waals surface area contributed by atoms with E-state index in [4.69, 9.17) is 0 Å². The lowest BCUT2D eigenvalue weighted by Gasteiger charge is -2.09. The van der Waals surface area contributed by atoms with Crippen LogP contribution in [0.25, 0.3) is 0 Å². The number of halogens is 6. The number of hydrogen-bond acceptors (Lipinski definition) is 3. The summed E-state index contributed by atoms with van der Waals surface area (Å²) in [5, 5.41) is 6.71. The zero-order valence-corrected chi connectivity index (χ0v) is 13.8. The number of benzene rings is 2. The van der Waals surface area contributed by atoms with Crippen LogP contribution < -0.4 is 10.9 Å². The average Bonchev–Trinajstić information content (AvgIpc) is 2.61. The number of carbonyl (C=O) groups excluding carboxylic acids is 1. The fourth-order valence-corrected chi connectivity index (χ4v) is 2.08. The molecule has 0 atom stereocenters. The first-order valence-electron chi connectivity index (χ1n) is 7.53. The van der Waals surface area contributed by atoms with E-state index in [0.717, 1.165) is 36.7 Å². The maximum Gasteiger partial charge on any atom is 0.417 e. The van der Waals surface area contributed by atoms with E-state index in [1.54, 1.807) is 0 Å². The summed E-state index contributed by atoms with van der Waals surface area (Å²) in [7, 11) is 0. The number of urea groups is 1. The quantitative estimate of drug-likeness (QED) is 0.445. The van der Waals surface area contributed by atoms with Crippen molar-refractivity contribution < 1.29 is 31.1 Å². The van der Waals surface area contributed by atoms with Crippen molar-refractivity contribution in [2.24, 2.45) is 10.2 Å². The first-order chi connectivity index (χ1) is 13.1. The molecule has 0 aromatic heterocycles. The minimum atomic E-state index is -4.60. The molecule has 2 amide bonds. The van der Waals surface area contributed by atoms with Crippen LogP contribution in [-0.4, -0.2) is 18.5 Å². The Balaban J connectivity index is 1.98. The van der Waals surface area contributed by atoms with Gasteiger partial charge < -0.3 is 0 Å². The summed E-state index contributed by atoms with van der Waals surface area (Å²) in [4.78, 5) is 11.5. The Morgan fingerprint density at radius 1 is 0.714 bits per heavy atom. The Labute approximate surface area is 154 Å². The molecule has 0 saturated heterocycles. The van der Waals surface area contributed by atoms with Gasteiger partial charge in [-0.15, -0.1) is 0 Å². The Morgan fingerprint density at radius 2 is 1.07 bits per heavy atom. The molecular formula is C17H12F6N4O. The number of amides is 2. The van der Waals surface area contributed by atoms with Gasteiger partial charge in [-0.3, -0.25) is 0 Å². The highest BCUT2D eigenvalue weighted by atomic mass is 19.4. The lowest BCUT2D eigenvalue weighted by molar-refractivity contribution is -0.138. The molecule has 0 radical (unpaired) electrons. The van der Waals surface area contributed by atoms with Crippen LogP contribution in [0.15, 0.2) is 58.7 Å². The molecule has 2 N–H and O–H groups in total. The number of nitrogens with zero attached hydrogens (tertiary/aromatic N) is 2. The van der Waals surface area contributed by atoms with Crippen molar-refractivity contribution >= 4 is 18.5 Å². The molecule has 0 fully saturated rings. The fraction of sp³-hybridized carbons (Fsp3) is 0.118. The Kier molecular flexibility index (Phi) is 6.39. The van der Waals surface area contributed by atoms with Gasteiger partial charge in [0.05, 0.1) is 23.6 Å². The second-order valence-corrected chi connectivity index (χ2v) is 5.24. The lowest BCUT2D eigenvalue weighted by atomic mass is 10.1. The van der Waals surface area contributed by atoms with Gasteiger partial charge in [-0.1, -0.05) is 36.4 Å². The van der Waals surface area contributed by atoms with E-state index in [9.17, 15) is 31.1 Å². The van der Waals surface area contributed by atoms with Crippen molar-refractivity contribution in [2.45, 2.75) is 12.4 Å². The third kappa shape index (κ3) is 5.83. The summed E-state index contributed by atoms with van der Waals surface area (Å²) in [6, 6.07) is 8.07. The molecule has 5 nitrogen and oxygen atoms in total. The fourth-order valence-electron chi connectivity index (χ4n) is 2.08. The molecule has 0 spiro atoms. The normalized spacial score (nSPS) is 12.5. The minimum absolute atomic E-state index is 0.280. The van der Waals surface area contributed by atoms with Gasteiger partial charge in [0.1, 0.15) is 0 Å². The number of nitrogens with one attached hydrogen (secondary N) is 2. The average molecular weight is 402 g/mol. The Bertz CT molecular complexity index is 818. The van der Waals surface area contributed by atoms with E-state index < -0.39 is 29.5 Å². The third-order valence-electron chi connectivity index (χ3n) is 3.27. The van der Waals surface area contributed by atoms with Crippen molar-refractivity contribution in [1.29, 1.82) is 0 Å². The van der Waals surface area contributed by atoms with E-state index >= 15 is 0 Å². The van der Waals surface area contributed by atoms with Crippen molar-refractivity contribution in [1.82, 2.24) is 10.9 Å². The summed E-state index contributed by atoms with van der Waals surface area (Å²) >= 11 is 0. The van der Waals surface area contributed by atoms with Gasteiger partial charge in [-0.25, -0.2) is 15.6 Å². The molecule has 0 aliphatic heterocycles. The summed E-state index contributed by atoms with van der Waals surface area (Å²) in [5.41, 5.74) is 1.27. The molecule has 0 heterocycles. The highest BCUT2D eigenvalue weighted by Gasteiger charge is 2.33. The summed E-state index contributed by atoms with van der Waals surface area (Å²) in [5.74, 6) is 0. The number of hydrogen-bond donors (Lipinski definition) is 2. The van der Waals surface area contributed by atoms with Crippen LogP contribution in [0.2, 0.25) is 0 Å². The van der Waals surface area contributed by atoms with Gasteiger partial charge in [-0.05, 0) is 12.1 Å². The first kappa shape index (κ1) is 20.9. The van der Waals surface area contributed by atoms with Crippen molar-refractivity contribution in [3.8, 4) is 0 Å². The highest BCUT2D eigenvalue weighted by molar-refractivity contribution is 5.85. The van der Waals surface area contributed by atoms with Crippen LogP contribution in [0.1, 0.15) is 22.3 Å². The molecule has 148 valence electrons. The SMILES string of the molecule is O=C(NN=Cc1ccccc1C(F)(F)F)NN=Cc1ccccc1C(F)(F)F. The summed E-state index contributed by atoms with van der Waals surface area (Å²) in [6.45, 7) is 0. The molecule has 0 unspecified atom stereocenters. The number of alkyl halides is 6. The molecule has 0 bridgehead atoms. The lowest BCUT2D eigenvalue weighted by Crippen LogP contribution is -2.28. The van der Waals surface area contributed by atoms with Gasteiger partial charge in [0, 0.05) is 11.1 Å². The molecule has 11 heteroatoms. The smallest absolute Gasteiger partial charge is 0.245 e. The Hall–Kier alpha value is -3.37. The van der Waals surface area contributed by atoms with Crippen LogP contribution in [0, 0.1) is 0 Å². The maximum absolute atomic E-state index is 12.8. The number of carbonyl (C=O) groups is 1. The largest absolute Gasteiger partial charge is 0.417 e. The van der Waals surface area contributed by atoms with E-state index in [0.29, 0.717) is 0 Å². The summed E-state index contributed by atoms with van der Waals surface area (Å²) < 4.78 is 76.9. The molecule has 0 aliphatic rings. The van der Waals surface area contributed by atoms with E-state index in [-0.39, 0.29) is 11.1 Å². The van der Waals surface area contributed by atoms with Gasteiger partial charge in [0.2, 0.25) is 0 Å². The van der Waals surface area contributed by atoms with E-state index in [1.807, 2.05) is 10.9 Å². The highest BCUT2D eigenvalue weighted by Crippen LogP contribution is 2.31. The second-order valence-electron chi connectivity index (χ2n) is 5.24. The van der Waals surface area contributed by atoms with Crippen LogP contribution in [-0.2, 0) is 12.4 Å². The summed E-state index contributed by atoms with van der Waals surface area (Å²) in [6.07, 6.45) is -7.63. The van der Waals surface area contributed by atoms with Crippen LogP contribution in [0.3, 0.4) is 0 Å². The van der Waals surface area contributed by atoms with Crippen molar-refractivity contribution in [3.63, 3.8) is 0 Å². The van der Waals surface area contributed by atoms with Crippen LogP contribution in [0.5, 0.6) is 0 Å². The predicted molar refractivity (Wildman–Crippen MR) is 89.7 cm³/mol. The molecular weight excluding hydrogens is 390 g/mol.